The fourth-order valence-electron chi connectivity index (χ4n) is 5.10. The third kappa shape index (κ3) is 10.4. The maximum absolute atomic E-state index is 13.0. The standard InChI is InChI=1S/C36H40N2O9/c39-31(25-11-3-1-4-12-25)33(41)29-17-9-7-15-27(29)23-35(43,44)37-19-21-47-22-20-38-36(45,46)24-28-16-8-10-18-30(28)34(42)32(40)26-13-5-2-6-14-26/h1-18,31-32,37-40,43-46H,19-24H2. The minimum absolute atomic E-state index is 0.0123. The predicted molar refractivity (Wildman–Crippen MR) is 173 cm³/mol. The van der Waals surface area contributed by atoms with Crippen LogP contribution in [0.5, 0.6) is 0 Å². The highest BCUT2D eigenvalue weighted by Gasteiger charge is 2.29. The highest BCUT2D eigenvalue weighted by molar-refractivity contribution is 6.01. The Morgan fingerprint density at radius 1 is 0.553 bits per heavy atom. The highest BCUT2D eigenvalue weighted by atomic mass is 16.5. The topological polar surface area (TPSA) is 189 Å². The van der Waals surface area contributed by atoms with Gasteiger partial charge in [-0.1, -0.05) is 109 Å². The fourth-order valence-corrected chi connectivity index (χ4v) is 5.10. The number of aliphatic hydroxyl groups excluding tert-OH is 2. The Labute approximate surface area is 272 Å². The average Bonchev–Trinajstić information content (AvgIpc) is 3.07. The summed E-state index contributed by atoms with van der Waals surface area (Å²) in [5.74, 6) is -5.91. The third-order valence-corrected chi connectivity index (χ3v) is 7.48. The van der Waals surface area contributed by atoms with E-state index >= 15 is 0 Å². The molecule has 8 N–H and O–H groups in total. The van der Waals surface area contributed by atoms with Gasteiger partial charge >= 0.3 is 0 Å². The van der Waals surface area contributed by atoms with Crippen molar-refractivity contribution >= 4 is 11.6 Å². The summed E-state index contributed by atoms with van der Waals surface area (Å²) in [4.78, 5) is 26.0. The molecule has 0 aliphatic rings. The Balaban J connectivity index is 1.21. The van der Waals surface area contributed by atoms with Crippen LogP contribution in [0.15, 0.2) is 109 Å². The fraction of sp³-hybridized carbons (Fsp3) is 0.278. The number of Topliss-reactive ketones (excluding diaryl/α,β-unsaturated/α-hetero) is 2. The molecule has 0 aromatic heterocycles. The summed E-state index contributed by atoms with van der Waals surface area (Å²) in [6, 6.07) is 29.6. The lowest BCUT2D eigenvalue weighted by molar-refractivity contribution is -0.187. The van der Waals surface area contributed by atoms with Gasteiger partial charge in [0.05, 0.1) is 13.2 Å². The van der Waals surface area contributed by atoms with Gasteiger partial charge in [-0.25, -0.2) is 0 Å². The second-order valence-electron chi connectivity index (χ2n) is 11.1. The van der Waals surface area contributed by atoms with E-state index in [1.807, 2.05) is 0 Å². The molecule has 0 spiro atoms. The van der Waals surface area contributed by atoms with Gasteiger partial charge in [-0.15, -0.1) is 0 Å². The summed E-state index contributed by atoms with van der Waals surface area (Å²) >= 11 is 0. The van der Waals surface area contributed by atoms with Crippen molar-refractivity contribution in [1.29, 1.82) is 0 Å². The summed E-state index contributed by atoms with van der Waals surface area (Å²) in [5.41, 5.74) is 1.84. The third-order valence-electron chi connectivity index (χ3n) is 7.48. The zero-order valence-corrected chi connectivity index (χ0v) is 25.7. The predicted octanol–water partition coefficient (Wildman–Crippen LogP) is 1.78. The number of aliphatic hydroxyl groups is 6. The Kier molecular flexibility index (Phi) is 12.6. The molecule has 0 fully saturated rings. The molecule has 47 heavy (non-hydrogen) atoms. The Morgan fingerprint density at radius 3 is 1.28 bits per heavy atom. The van der Waals surface area contributed by atoms with Crippen LogP contribution in [-0.2, 0) is 17.6 Å². The molecule has 4 aromatic carbocycles. The van der Waals surface area contributed by atoms with E-state index in [2.05, 4.69) is 10.6 Å². The molecule has 0 saturated carbocycles. The molecule has 2 unspecified atom stereocenters. The van der Waals surface area contributed by atoms with Crippen LogP contribution < -0.4 is 10.6 Å². The molecule has 248 valence electrons. The number of ketones is 2. The first-order valence-electron chi connectivity index (χ1n) is 15.1. The number of nitrogens with one attached hydrogen (secondary N) is 2. The van der Waals surface area contributed by atoms with Crippen molar-refractivity contribution in [2.45, 2.75) is 36.9 Å². The summed E-state index contributed by atoms with van der Waals surface area (Å²) < 4.78 is 5.47. The Hall–Kier alpha value is -4.14. The van der Waals surface area contributed by atoms with E-state index in [9.17, 15) is 40.2 Å². The van der Waals surface area contributed by atoms with Gasteiger partial charge in [0.2, 0.25) is 11.8 Å². The molecule has 0 heterocycles. The molecule has 0 bridgehead atoms. The van der Waals surface area contributed by atoms with Gasteiger partial charge in [0.1, 0.15) is 12.2 Å². The number of carbonyl (C=O) groups excluding carboxylic acids is 2. The van der Waals surface area contributed by atoms with Gasteiger partial charge in [-0.2, -0.15) is 0 Å². The molecule has 2 atom stereocenters. The number of benzene rings is 4. The monoisotopic (exact) mass is 644 g/mol. The van der Waals surface area contributed by atoms with Crippen LogP contribution >= 0.6 is 0 Å². The van der Waals surface area contributed by atoms with E-state index in [0.717, 1.165) is 0 Å². The lowest BCUT2D eigenvalue weighted by Gasteiger charge is -2.25. The summed E-state index contributed by atoms with van der Waals surface area (Å²) in [6.07, 6.45) is -3.50. The molecule has 11 heteroatoms. The zero-order chi connectivity index (χ0) is 33.9. The second-order valence-corrected chi connectivity index (χ2v) is 11.1. The van der Waals surface area contributed by atoms with Gasteiger partial charge in [-0.05, 0) is 22.3 Å². The van der Waals surface area contributed by atoms with Crippen LogP contribution in [0.4, 0.5) is 0 Å². The van der Waals surface area contributed by atoms with Crippen LogP contribution in [0.25, 0.3) is 0 Å². The number of carbonyl (C=O) groups is 2. The van der Waals surface area contributed by atoms with Gasteiger partial charge in [-0.3, -0.25) is 20.2 Å². The maximum atomic E-state index is 13.0. The quantitative estimate of drug-likeness (QED) is 0.0448. The number of hydrogen-bond acceptors (Lipinski definition) is 11. The van der Waals surface area contributed by atoms with Crippen molar-refractivity contribution in [2.75, 3.05) is 26.3 Å². The normalized spacial score (nSPS) is 13.2. The van der Waals surface area contributed by atoms with Crippen molar-refractivity contribution in [1.82, 2.24) is 10.6 Å². The van der Waals surface area contributed by atoms with Crippen molar-refractivity contribution < 1.29 is 45.0 Å². The number of rotatable bonds is 18. The molecule has 0 amide bonds. The first kappa shape index (κ1) is 35.7. The van der Waals surface area contributed by atoms with E-state index < -0.39 is 35.6 Å². The van der Waals surface area contributed by atoms with Crippen molar-refractivity contribution in [3.05, 3.63) is 143 Å². The van der Waals surface area contributed by atoms with Crippen LogP contribution in [0.3, 0.4) is 0 Å². The van der Waals surface area contributed by atoms with Crippen LogP contribution in [-0.4, -0.2) is 80.3 Å². The molecule has 11 nitrogen and oxygen atoms in total. The lowest BCUT2D eigenvalue weighted by Crippen LogP contribution is -2.49. The first-order valence-corrected chi connectivity index (χ1v) is 15.1. The minimum atomic E-state index is -2.39. The van der Waals surface area contributed by atoms with Crippen molar-refractivity contribution in [3.63, 3.8) is 0 Å². The molecular formula is C36H40N2O9. The van der Waals surface area contributed by atoms with Crippen molar-refractivity contribution in [3.8, 4) is 0 Å². The summed E-state index contributed by atoms with van der Waals surface area (Å²) in [5, 5.41) is 68.4. The molecule has 4 aromatic rings. The molecule has 0 saturated heterocycles. The largest absolute Gasteiger partial charge is 0.380 e. The SMILES string of the molecule is O=C(c1ccccc1CC(O)(O)NCCOCCNC(O)(O)Cc1ccccc1C(=O)C(O)c1ccccc1)C(O)c1ccccc1. The molecule has 0 radical (unpaired) electrons. The summed E-state index contributed by atoms with van der Waals surface area (Å²) in [7, 11) is 0. The van der Waals surface area contributed by atoms with E-state index in [1.165, 1.54) is 12.1 Å². The Bertz CT molecular complexity index is 1480. The van der Waals surface area contributed by atoms with Crippen molar-refractivity contribution in [2.24, 2.45) is 0 Å². The zero-order valence-electron chi connectivity index (χ0n) is 25.7. The lowest BCUT2D eigenvalue weighted by atomic mass is 9.94. The molecular weight excluding hydrogens is 604 g/mol. The van der Waals surface area contributed by atoms with E-state index in [-0.39, 0.29) is 50.3 Å². The van der Waals surface area contributed by atoms with E-state index in [4.69, 9.17) is 4.74 Å². The van der Waals surface area contributed by atoms with Crippen LogP contribution in [0, 0.1) is 0 Å². The number of hydrogen-bond donors (Lipinski definition) is 8. The van der Waals surface area contributed by atoms with E-state index in [0.29, 0.717) is 22.3 Å². The summed E-state index contributed by atoms with van der Waals surface area (Å²) in [6.45, 7) is 0.101. The molecule has 0 aliphatic carbocycles. The minimum Gasteiger partial charge on any atom is -0.380 e. The van der Waals surface area contributed by atoms with Gasteiger partial charge in [0.25, 0.3) is 0 Å². The van der Waals surface area contributed by atoms with Gasteiger partial charge < -0.3 is 35.4 Å². The van der Waals surface area contributed by atoms with Crippen LogP contribution in [0.1, 0.15) is 55.2 Å². The first-order chi connectivity index (χ1) is 22.5. The molecule has 0 aliphatic heterocycles. The highest BCUT2D eigenvalue weighted by Crippen LogP contribution is 2.24. The number of ether oxygens (including phenoxy) is 1. The van der Waals surface area contributed by atoms with Crippen LogP contribution in [0.2, 0.25) is 0 Å². The van der Waals surface area contributed by atoms with Gasteiger partial charge in [0, 0.05) is 37.1 Å². The maximum Gasteiger partial charge on any atom is 0.226 e. The smallest absolute Gasteiger partial charge is 0.226 e. The second kappa shape index (κ2) is 16.6. The average molecular weight is 645 g/mol. The van der Waals surface area contributed by atoms with Gasteiger partial charge in [0.15, 0.2) is 11.6 Å². The Morgan fingerprint density at radius 2 is 0.894 bits per heavy atom. The van der Waals surface area contributed by atoms with E-state index in [1.54, 1.807) is 97.1 Å². The molecule has 4 rings (SSSR count).